The highest BCUT2D eigenvalue weighted by Crippen LogP contribution is 2.39. The number of likely N-dealkylation sites (tertiary alicyclic amines) is 1. The normalized spacial score (nSPS) is 34.4. The molecule has 0 radical (unpaired) electrons. The SMILES string of the molecule is C=C(CNC)CN1CCC2(O)CCCCC2C1. The molecule has 3 nitrogen and oxygen atoms in total. The Morgan fingerprint density at radius 3 is 3.06 bits per heavy atom. The lowest BCUT2D eigenvalue weighted by atomic mass is 9.71. The third-order valence-corrected chi connectivity index (χ3v) is 4.39. The Morgan fingerprint density at radius 2 is 2.29 bits per heavy atom. The van der Waals surface area contributed by atoms with Crippen molar-refractivity contribution in [2.24, 2.45) is 5.92 Å². The zero-order chi connectivity index (χ0) is 12.3. The number of rotatable bonds is 4. The number of nitrogens with zero attached hydrogens (tertiary/aromatic N) is 1. The van der Waals surface area contributed by atoms with Gasteiger partial charge in [-0.3, -0.25) is 4.90 Å². The molecular weight excluding hydrogens is 212 g/mol. The molecule has 1 heterocycles. The molecule has 0 bridgehead atoms. The monoisotopic (exact) mass is 238 g/mol. The first-order chi connectivity index (χ1) is 8.14. The molecule has 1 aliphatic carbocycles. The van der Waals surface area contributed by atoms with E-state index in [0.29, 0.717) is 5.92 Å². The van der Waals surface area contributed by atoms with Crippen LogP contribution < -0.4 is 5.32 Å². The second-order valence-corrected chi connectivity index (χ2v) is 5.81. The van der Waals surface area contributed by atoms with Gasteiger partial charge in [-0.1, -0.05) is 19.4 Å². The topological polar surface area (TPSA) is 35.5 Å². The Morgan fingerprint density at radius 1 is 1.47 bits per heavy atom. The van der Waals surface area contributed by atoms with Crippen molar-refractivity contribution in [3.8, 4) is 0 Å². The van der Waals surface area contributed by atoms with Crippen LogP contribution in [0, 0.1) is 5.92 Å². The van der Waals surface area contributed by atoms with Gasteiger partial charge in [-0.15, -0.1) is 0 Å². The van der Waals surface area contributed by atoms with Crippen LogP contribution in [-0.4, -0.2) is 48.8 Å². The van der Waals surface area contributed by atoms with Crippen molar-refractivity contribution in [3.63, 3.8) is 0 Å². The molecule has 1 saturated heterocycles. The molecule has 98 valence electrons. The Kier molecular flexibility index (Phi) is 4.23. The summed E-state index contributed by atoms with van der Waals surface area (Å²) in [7, 11) is 1.96. The fraction of sp³-hybridized carbons (Fsp3) is 0.857. The van der Waals surface area contributed by atoms with Gasteiger partial charge in [0.1, 0.15) is 0 Å². The van der Waals surface area contributed by atoms with Gasteiger partial charge >= 0.3 is 0 Å². The van der Waals surface area contributed by atoms with Crippen LogP contribution in [0.15, 0.2) is 12.2 Å². The van der Waals surface area contributed by atoms with Crippen LogP contribution in [0.25, 0.3) is 0 Å². The van der Waals surface area contributed by atoms with Gasteiger partial charge in [0, 0.05) is 32.1 Å². The highest BCUT2D eigenvalue weighted by atomic mass is 16.3. The third kappa shape index (κ3) is 3.09. The summed E-state index contributed by atoms with van der Waals surface area (Å²) in [6, 6.07) is 0. The van der Waals surface area contributed by atoms with Crippen LogP contribution >= 0.6 is 0 Å². The summed E-state index contributed by atoms with van der Waals surface area (Å²) in [4.78, 5) is 2.46. The van der Waals surface area contributed by atoms with Gasteiger partial charge in [-0.05, 0) is 31.9 Å². The molecule has 2 N–H and O–H groups in total. The smallest absolute Gasteiger partial charge is 0.0700 e. The summed E-state index contributed by atoms with van der Waals surface area (Å²) in [5.74, 6) is 0.493. The molecular formula is C14H26N2O. The van der Waals surface area contributed by atoms with Crippen LogP contribution in [0.2, 0.25) is 0 Å². The summed E-state index contributed by atoms with van der Waals surface area (Å²) in [6.07, 6.45) is 5.66. The standard InChI is InChI=1S/C14H26N2O/c1-12(9-15-2)10-16-8-7-14(17)6-4-3-5-13(14)11-16/h13,15,17H,1,3-11H2,2H3. The van der Waals surface area contributed by atoms with Gasteiger partial charge in [-0.25, -0.2) is 0 Å². The Hall–Kier alpha value is -0.380. The molecule has 0 aromatic rings. The van der Waals surface area contributed by atoms with E-state index in [9.17, 15) is 5.11 Å². The lowest BCUT2D eigenvalue weighted by Gasteiger charge is -2.47. The molecule has 2 aliphatic rings. The quantitative estimate of drug-likeness (QED) is 0.727. The maximum absolute atomic E-state index is 10.6. The highest BCUT2D eigenvalue weighted by Gasteiger charge is 2.42. The summed E-state index contributed by atoms with van der Waals surface area (Å²) in [5, 5.41) is 13.7. The minimum Gasteiger partial charge on any atom is -0.390 e. The van der Waals surface area contributed by atoms with E-state index in [1.54, 1.807) is 0 Å². The zero-order valence-electron chi connectivity index (χ0n) is 11.0. The van der Waals surface area contributed by atoms with E-state index in [1.165, 1.54) is 24.8 Å². The van der Waals surface area contributed by atoms with E-state index in [2.05, 4.69) is 16.8 Å². The van der Waals surface area contributed by atoms with Crippen molar-refractivity contribution in [2.75, 3.05) is 33.2 Å². The number of piperidine rings is 1. The molecule has 2 fully saturated rings. The lowest BCUT2D eigenvalue weighted by molar-refractivity contribution is -0.0937. The molecule has 2 unspecified atom stereocenters. The Balaban J connectivity index is 1.86. The number of nitrogens with one attached hydrogen (secondary N) is 1. The van der Waals surface area contributed by atoms with E-state index in [-0.39, 0.29) is 5.60 Å². The van der Waals surface area contributed by atoms with Crippen LogP contribution in [0.1, 0.15) is 32.1 Å². The molecule has 17 heavy (non-hydrogen) atoms. The van der Waals surface area contributed by atoms with Crippen LogP contribution in [0.4, 0.5) is 0 Å². The minimum atomic E-state index is -0.348. The fourth-order valence-electron chi connectivity index (χ4n) is 3.41. The molecule has 1 saturated carbocycles. The van der Waals surface area contributed by atoms with Crippen LogP contribution in [0.5, 0.6) is 0 Å². The van der Waals surface area contributed by atoms with Gasteiger partial charge in [0.05, 0.1) is 5.60 Å². The van der Waals surface area contributed by atoms with E-state index in [4.69, 9.17) is 0 Å². The number of aliphatic hydroxyl groups is 1. The molecule has 2 atom stereocenters. The second-order valence-electron chi connectivity index (χ2n) is 5.81. The fourth-order valence-corrected chi connectivity index (χ4v) is 3.41. The summed E-state index contributed by atoms with van der Waals surface area (Å²) < 4.78 is 0. The molecule has 0 aromatic heterocycles. The average molecular weight is 238 g/mol. The van der Waals surface area contributed by atoms with E-state index in [1.807, 2.05) is 7.05 Å². The third-order valence-electron chi connectivity index (χ3n) is 4.39. The van der Waals surface area contributed by atoms with Gasteiger partial charge in [-0.2, -0.15) is 0 Å². The van der Waals surface area contributed by atoms with Gasteiger partial charge in [0.25, 0.3) is 0 Å². The average Bonchev–Trinajstić information content (AvgIpc) is 2.30. The molecule has 1 aliphatic heterocycles. The largest absolute Gasteiger partial charge is 0.390 e. The van der Waals surface area contributed by atoms with Crippen LogP contribution in [-0.2, 0) is 0 Å². The maximum atomic E-state index is 10.6. The van der Waals surface area contributed by atoms with Crippen molar-refractivity contribution < 1.29 is 5.11 Å². The second kappa shape index (κ2) is 5.51. The number of likely N-dealkylation sites (N-methyl/N-ethyl adjacent to an activating group) is 1. The maximum Gasteiger partial charge on any atom is 0.0700 e. The minimum absolute atomic E-state index is 0.348. The number of fused-ring (bicyclic) bond motifs is 1. The van der Waals surface area contributed by atoms with Gasteiger partial charge < -0.3 is 10.4 Å². The summed E-state index contributed by atoms with van der Waals surface area (Å²) >= 11 is 0. The van der Waals surface area contributed by atoms with Crippen LogP contribution in [0.3, 0.4) is 0 Å². The number of hydrogen-bond donors (Lipinski definition) is 2. The Bertz CT molecular complexity index is 279. The predicted octanol–water partition coefficient (Wildman–Crippen LogP) is 1.39. The highest BCUT2D eigenvalue weighted by molar-refractivity contribution is 5.03. The van der Waals surface area contributed by atoms with Crippen molar-refractivity contribution in [1.29, 1.82) is 0 Å². The molecule has 0 aromatic carbocycles. The predicted molar refractivity (Wildman–Crippen MR) is 71.0 cm³/mol. The summed E-state index contributed by atoms with van der Waals surface area (Å²) in [6.45, 7) is 8.05. The van der Waals surface area contributed by atoms with Crippen molar-refractivity contribution in [2.45, 2.75) is 37.7 Å². The lowest BCUT2D eigenvalue weighted by Crippen LogP contribution is -2.53. The first-order valence-corrected chi connectivity index (χ1v) is 6.90. The van der Waals surface area contributed by atoms with Crippen molar-refractivity contribution in [3.05, 3.63) is 12.2 Å². The summed E-state index contributed by atoms with van der Waals surface area (Å²) in [5.41, 5.74) is 0.896. The van der Waals surface area contributed by atoms with E-state index in [0.717, 1.165) is 39.0 Å². The molecule has 3 heteroatoms. The number of hydrogen-bond acceptors (Lipinski definition) is 3. The Labute approximate surface area is 105 Å². The van der Waals surface area contributed by atoms with Crippen molar-refractivity contribution in [1.82, 2.24) is 10.2 Å². The van der Waals surface area contributed by atoms with Gasteiger partial charge in [0.2, 0.25) is 0 Å². The van der Waals surface area contributed by atoms with Gasteiger partial charge in [0.15, 0.2) is 0 Å². The van der Waals surface area contributed by atoms with E-state index >= 15 is 0 Å². The first-order valence-electron chi connectivity index (χ1n) is 6.90. The molecule has 2 rings (SSSR count). The molecule has 0 amide bonds. The van der Waals surface area contributed by atoms with E-state index < -0.39 is 0 Å². The van der Waals surface area contributed by atoms with Crippen molar-refractivity contribution >= 4 is 0 Å². The zero-order valence-corrected chi connectivity index (χ0v) is 11.0. The molecule has 0 spiro atoms. The first kappa shape index (κ1) is 13.1.